The maximum Gasteiger partial charge on any atom is 1.00 e. The number of cyclic esters (lactones) is 2. The van der Waals surface area contributed by atoms with Gasteiger partial charge in [-0.3, -0.25) is 14.4 Å². The molecule has 1 saturated heterocycles. The van der Waals surface area contributed by atoms with E-state index in [0.29, 0.717) is 119 Å². The Morgan fingerprint density at radius 1 is 0.489 bits per heavy atom. The number of aliphatic hydroxyl groups excluding tert-OH is 1. The summed E-state index contributed by atoms with van der Waals surface area (Å²) in [6.45, 7) is 22.6. The Kier molecular flexibility index (Phi) is 48.7. The summed E-state index contributed by atoms with van der Waals surface area (Å²) in [4.78, 5) is 51.4. The number of allylic oxidation sites excluding steroid dienone is 15. The van der Waals surface area contributed by atoms with Crippen LogP contribution in [0.15, 0.2) is 176 Å². The van der Waals surface area contributed by atoms with E-state index in [1.165, 1.54) is 29.2 Å². The second-order valence-corrected chi connectivity index (χ2v) is 45.2. The Balaban J connectivity index is 0.000000513. The van der Waals surface area contributed by atoms with Crippen molar-refractivity contribution in [2.45, 2.75) is 229 Å². The first-order valence-electron chi connectivity index (χ1n) is 44.3. The summed E-state index contributed by atoms with van der Waals surface area (Å²) in [5, 5.41) is 21.0. The summed E-state index contributed by atoms with van der Waals surface area (Å²) in [5.74, 6) is -3.57. The molecule has 11 rings (SSSR count). The van der Waals surface area contributed by atoms with E-state index in [1.54, 1.807) is 19.2 Å². The van der Waals surface area contributed by atoms with Gasteiger partial charge < -0.3 is 71.4 Å². The molecule has 2 fully saturated rings. The third-order valence-electron chi connectivity index (χ3n) is 24.9. The monoisotopic (exact) mass is 2060 g/mol. The Morgan fingerprint density at radius 2 is 0.876 bits per heavy atom. The predicted octanol–water partition coefficient (Wildman–Crippen LogP) is -4.49. The van der Waals surface area contributed by atoms with Crippen LogP contribution in [0.5, 0.6) is 0 Å². The number of aliphatic hydroxyl groups is 1. The summed E-state index contributed by atoms with van der Waals surface area (Å²) in [5.41, 5.74) is 14.9. The number of amides is 1. The number of esters is 2. The molecule has 43 heteroatoms. The largest absolute Gasteiger partial charge is 1.00 e. The summed E-state index contributed by atoms with van der Waals surface area (Å²) >= 11 is 0. The normalized spacial score (nSPS) is 19.2. The molecule has 0 radical (unpaired) electrons. The van der Waals surface area contributed by atoms with Crippen molar-refractivity contribution in [1.29, 1.82) is 0 Å². The summed E-state index contributed by atoms with van der Waals surface area (Å²) < 4.78 is 224. The molecule has 0 bridgehead atoms. The van der Waals surface area contributed by atoms with Crippen molar-refractivity contribution in [1.82, 2.24) is 4.90 Å². The maximum atomic E-state index is 12.8. The van der Waals surface area contributed by atoms with Crippen molar-refractivity contribution in [2.75, 3.05) is 104 Å². The molecular formula is C94H121N6Na5O26S6. The molecular weight excluding hydrogens is 1940 g/mol. The molecule has 1 saturated carbocycles. The Morgan fingerprint density at radius 3 is 1.28 bits per heavy atom. The van der Waals surface area contributed by atoms with Crippen LogP contribution in [-0.4, -0.2) is 222 Å². The summed E-state index contributed by atoms with van der Waals surface area (Å²) in [7, 11) is -23.5. The molecule has 4 aromatic carbocycles. The van der Waals surface area contributed by atoms with Crippen molar-refractivity contribution in [3.05, 3.63) is 200 Å². The zero-order valence-electron chi connectivity index (χ0n) is 82.0. The number of unbranched alkanes of at least 4 members (excludes halogenated alkanes) is 4. The molecule has 724 valence electrons. The Hall–Kier alpha value is -4.16. The molecule has 0 spiro atoms. The quantitative estimate of drug-likeness (QED) is 0.0111. The fourth-order valence-electron chi connectivity index (χ4n) is 18.1. The minimum absolute atomic E-state index is 0. The van der Waals surface area contributed by atoms with Crippen LogP contribution < -0.4 is 168 Å². The van der Waals surface area contributed by atoms with E-state index in [9.17, 15) is 107 Å². The number of likely N-dealkylation sites (N-methyl/N-ethyl adjacent to an activating group) is 2. The van der Waals surface area contributed by atoms with Crippen molar-refractivity contribution < 1.29 is 274 Å². The molecule has 137 heavy (non-hydrogen) atoms. The standard InChI is InChI=1S/C47H63N3O13S3.C42H57N3O10S3.C5H6O3.5Na/c1-33-17-21-39-37(31-33)46(2,3)41(49(39)25-7-9-29-64(54,55)56)23-18-34-13-11-14-35(45(34)63-28-27-48(6)43(51)15-12-16-44(52)53)19-24-42-47(4,5)38-32-36(66(60,61)62)20-22-40(38)50(42)26-8-10-30-65(57,58)59;1-30-14-18-36-34(28-30)41(2,3)38(44(36)22-7-9-26-56(47,48)49)20-15-31-12-11-13-32(40(31)43(6)24-25-46)16-21-39-42(4,5)35-29-33(58(53,54)55)17-19-37(35)45(39)23-8-10-27-57(50,51)52;6-4-2-1-3-5(7)8-4;;;;;/h17-24,31-32H,7-16,25-30H2,1-6H3,(H3-,52,53,54,55,56,57,58,59,60,61,62);14-21,28-29,46H,7-13,22-27H2,1-6H3,(H2-,47,48,49,50,51,52,53,54,55);1-3H2;;;;;/q;;;5*+1/p-5. The van der Waals surface area contributed by atoms with Crippen LogP contribution in [0.3, 0.4) is 0 Å². The molecule has 1 amide bonds. The first-order valence-corrected chi connectivity index (χ1v) is 53.4. The maximum absolute atomic E-state index is 12.8. The number of carbonyl (C=O) groups excluding carboxylic acids is 4. The number of ether oxygens (including phenoxy) is 2. The van der Waals surface area contributed by atoms with E-state index in [1.807, 2.05) is 99.1 Å². The van der Waals surface area contributed by atoms with E-state index in [0.717, 1.165) is 110 Å². The Labute approximate surface area is 919 Å². The smallest absolute Gasteiger partial charge is 0.748 e. The van der Waals surface area contributed by atoms with Gasteiger partial charge in [-0.15, -0.1) is 0 Å². The van der Waals surface area contributed by atoms with Crippen LogP contribution >= 0.6 is 0 Å². The van der Waals surface area contributed by atoms with E-state index >= 15 is 0 Å². The fourth-order valence-corrected chi connectivity index (χ4v) is 21.3. The van der Waals surface area contributed by atoms with Gasteiger partial charge in [-0.2, -0.15) is 4.58 Å². The topological polar surface area (TPSA) is 492 Å². The number of benzene rings is 4. The molecule has 2 aliphatic carbocycles. The van der Waals surface area contributed by atoms with E-state index in [4.69, 9.17) is 4.74 Å². The zero-order valence-corrected chi connectivity index (χ0v) is 96.9. The van der Waals surface area contributed by atoms with Crippen molar-refractivity contribution >= 4 is 119 Å². The molecule has 1 N–H and O–H groups in total. The number of aryl methyl sites for hydroxylation is 2. The number of rotatable bonds is 37. The number of aliphatic carboxylic acids is 1. The van der Waals surface area contributed by atoms with Gasteiger partial charge in [0, 0.05) is 161 Å². The average molecular weight is 2060 g/mol. The van der Waals surface area contributed by atoms with E-state index in [2.05, 4.69) is 90.8 Å². The van der Waals surface area contributed by atoms with Gasteiger partial charge in [0.1, 0.15) is 52.8 Å². The fraction of sp³-hybridized carbons (Fsp3) is 0.511. The number of nitrogens with zero attached hydrogens (tertiary/aromatic N) is 6. The van der Waals surface area contributed by atoms with E-state index in [-0.39, 0.29) is 246 Å². The predicted molar refractivity (Wildman–Crippen MR) is 493 cm³/mol. The number of hydrogen-bond acceptors (Lipinski definition) is 29. The van der Waals surface area contributed by atoms with Gasteiger partial charge in [0.05, 0.1) is 62.2 Å². The molecule has 0 aromatic heterocycles. The van der Waals surface area contributed by atoms with Gasteiger partial charge in [0.15, 0.2) is 12.3 Å². The molecule has 7 aliphatic rings. The van der Waals surface area contributed by atoms with Gasteiger partial charge in [-0.25, -0.2) is 55.1 Å². The van der Waals surface area contributed by atoms with Crippen LogP contribution in [0.4, 0.5) is 22.7 Å². The summed E-state index contributed by atoms with van der Waals surface area (Å²) in [6.07, 6.45) is 24.3. The molecule has 5 aliphatic heterocycles. The number of hydrogen-bond donors (Lipinski definition) is 1. The third kappa shape index (κ3) is 34.8. The van der Waals surface area contributed by atoms with E-state index < -0.39 is 106 Å². The number of carbonyl (C=O) groups is 4. The number of fused-ring (bicyclic) bond motifs is 4. The Bertz CT molecular complexity index is 6150. The van der Waals surface area contributed by atoms with Crippen LogP contribution in [0.25, 0.3) is 0 Å². The number of carboxylic acids is 1. The zero-order chi connectivity index (χ0) is 97.7. The van der Waals surface area contributed by atoms with Crippen LogP contribution in [-0.2, 0) is 111 Å². The number of anilines is 3. The molecule has 4 aromatic rings. The average Bonchev–Trinajstić information content (AvgIpc) is 1.60. The molecule has 0 unspecified atom stereocenters. The van der Waals surface area contributed by atoms with Crippen molar-refractivity contribution in [2.24, 2.45) is 0 Å². The summed E-state index contributed by atoms with van der Waals surface area (Å²) in [6, 6.07) is 21.0. The second kappa shape index (κ2) is 53.3. The van der Waals surface area contributed by atoms with Crippen molar-refractivity contribution in [3.63, 3.8) is 0 Å². The van der Waals surface area contributed by atoms with Gasteiger partial charge in [-0.05, 0) is 225 Å². The van der Waals surface area contributed by atoms with Gasteiger partial charge in [-0.1, -0.05) is 95.2 Å². The van der Waals surface area contributed by atoms with Gasteiger partial charge >= 0.3 is 160 Å². The minimum Gasteiger partial charge on any atom is -0.748 e. The molecule has 32 nitrogen and oxygen atoms in total. The first kappa shape index (κ1) is 125. The van der Waals surface area contributed by atoms with Crippen molar-refractivity contribution in [3.8, 4) is 0 Å². The molecule has 5 heterocycles. The van der Waals surface area contributed by atoms with Crippen LogP contribution in [0.1, 0.15) is 217 Å². The first-order chi connectivity index (χ1) is 61.4. The second-order valence-electron chi connectivity index (χ2n) is 36.4. The minimum atomic E-state index is -4.79. The third-order valence-corrected chi connectivity index (χ3v) is 29.7. The van der Waals surface area contributed by atoms with Crippen LogP contribution in [0.2, 0.25) is 0 Å². The SMILES string of the molecule is Cc1ccc2c(c1)C(C)(C)C(=CC=C1CCC/C(=C\C=C3\N(CCCCS(=O)(=O)[O-])c4ccc(S(=O)(=O)[O-])cc4C3(C)C)C1=[N+](C)CCO)N2CCCCS(=O)(=O)[O-].Cc1ccc2c(c1)C(C)(C)C(=CC=C1CCCC(C=CC3=[N+](CCCCS(=O)(=O)[O-])c4ccc(S(=O)(=O)[O-])cc4C3(C)C)=C1OCCN(C)C(=O)CCCC(=O)[O-])N2CCCCS(=O)(=O)[O-].O=C1CCCC(=O)O1.[Na+].[Na+].[Na+].[Na+].[Na+]. The van der Waals surface area contributed by atoms with Gasteiger partial charge in [0.2, 0.25) is 17.3 Å². The molecule has 0 atom stereocenters. The van der Waals surface area contributed by atoms with Crippen LogP contribution in [0, 0.1) is 13.8 Å². The van der Waals surface area contributed by atoms with Gasteiger partial charge in [0.25, 0.3) is 0 Å². The number of carboxylic acid groups (broad SMARTS) is 1.